The van der Waals surface area contributed by atoms with Gasteiger partial charge in [0.2, 0.25) is 0 Å². The quantitative estimate of drug-likeness (QED) is 0.329. The molecule has 0 atom stereocenters. The zero-order chi connectivity index (χ0) is 9.68. The van der Waals surface area contributed by atoms with Gasteiger partial charge in [0.15, 0.2) is 5.17 Å². The molecule has 0 aliphatic heterocycles. The molecule has 0 fully saturated rings. The fourth-order valence-corrected chi connectivity index (χ4v) is 1.43. The third kappa shape index (κ3) is 2.75. The first kappa shape index (κ1) is 10.1. The Bertz CT molecular complexity index is 273. The summed E-state index contributed by atoms with van der Waals surface area (Å²) < 4.78 is 0. The number of benzene rings is 1. The molecule has 13 heavy (non-hydrogen) atoms. The maximum atomic E-state index is 7.60. The van der Waals surface area contributed by atoms with Crippen molar-refractivity contribution in [2.45, 2.75) is 6.92 Å². The maximum absolute atomic E-state index is 7.60. The number of thioether (sulfide) groups is 1. The van der Waals surface area contributed by atoms with E-state index in [4.69, 9.17) is 11.3 Å². The van der Waals surface area contributed by atoms with Crippen molar-refractivity contribution in [3.63, 3.8) is 0 Å². The number of hydrogen-bond donors (Lipinski definition) is 2. The second kappa shape index (κ2) is 4.89. The highest BCUT2D eigenvalue weighted by Crippen LogP contribution is 2.13. The van der Waals surface area contributed by atoms with Crippen LogP contribution in [0.1, 0.15) is 6.92 Å². The Kier molecular flexibility index (Phi) is 3.79. The van der Waals surface area contributed by atoms with Crippen LogP contribution in [0.2, 0.25) is 0 Å². The van der Waals surface area contributed by atoms with Crippen molar-refractivity contribution in [1.82, 2.24) is 0 Å². The summed E-state index contributed by atoms with van der Waals surface area (Å²) in [6, 6.07) is 9.49. The van der Waals surface area contributed by atoms with Crippen LogP contribution in [0.25, 0.3) is 0 Å². The molecular weight excluding hydrogens is 182 g/mol. The van der Waals surface area contributed by atoms with Crippen LogP contribution in [0.15, 0.2) is 30.3 Å². The van der Waals surface area contributed by atoms with Crippen LogP contribution in [0.5, 0.6) is 0 Å². The summed E-state index contributed by atoms with van der Waals surface area (Å²) in [5, 5.41) is 9.35. The minimum Gasteiger partial charge on any atom is -0.277 e. The molecule has 0 heterocycles. The van der Waals surface area contributed by atoms with E-state index in [1.165, 1.54) is 16.8 Å². The molecule has 70 valence electrons. The highest BCUT2D eigenvalue weighted by atomic mass is 32.2. The highest BCUT2D eigenvalue weighted by Gasteiger charge is 2.05. The SMILES string of the molecule is CCSC(=N)N(N)c1ccccc1. The van der Waals surface area contributed by atoms with Gasteiger partial charge >= 0.3 is 0 Å². The number of nitrogens with two attached hydrogens (primary N) is 1. The normalized spacial score (nSPS) is 9.69. The van der Waals surface area contributed by atoms with Crippen molar-refractivity contribution in [3.8, 4) is 0 Å². The number of hydrazine groups is 1. The van der Waals surface area contributed by atoms with Crippen molar-refractivity contribution in [3.05, 3.63) is 30.3 Å². The number of para-hydroxylation sites is 1. The average molecular weight is 195 g/mol. The number of hydrogen-bond acceptors (Lipinski definition) is 3. The molecule has 1 aromatic rings. The van der Waals surface area contributed by atoms with E-state index in [0.717, 1.165) is 11.4 Å². The monoisotopic (exact) mass is 195 g/mol. The van der Waals surface area contributed by atoms with Crippen molar-refractivity contribution >= 4 is 22.6 Å². The molecule has 4 heteroatoms. The van der Waals surface area contributed by atoms with Gasteiger partial charge in [-0.3, -0.25) is 10.4 Å². The Balaban J connectivity index is 2.68. The van der Waals surface area contributed by atoms with Gasteiger partial charge in [0.05, 0.1) is 5.69 Å². The van der Waals surface area contributed by atoms with Crippen LogP contribution in [0.4, 0.5) is 5.69 Å². The standard InChI is InChI=1S/C9H13N3S/c1-2-13-9(10)12(11)8-6-4-3-5-7-8/h3-7,10H,2,11H2,1H3. The fraction of sp³-hybridized carbons (Fsp3) is 0.222. The Morgan fingerprint density at radius 3 is 2.62 bits per heavy atom. The van der Waals surface area contributed by atoms with Crippen molar-refractivity contribution in [1.29, 1.82) is 5.41 Å². The summed E-state index contributed by atoms with van der Waals surface area (Å²) in [5.74, 6) is 6.57. The zero-order valence-corrected chi connectivity index (χ0v) is 8.34. The van der Waals surface area contributed by atoms with E-state index in [-0.39, 0.29) is 0 Å². The summed E-state index contributed by atoms with van der Waals surface area (Å²) in [4.78, 5) is 0. The molecular formula is C9H13N3S. The first-order valence-electron chi connectivity index (χ1n) is 4.07. The number of rotatable bonds is 2. The number of nitrogens with zero attached hydrogens (tertiary/aromatic N) is 1. The van der Waals surface area contributed by atoms with Crippen LogP contribution in [0.3, 0.4) is 0 Å². The largest absolute Gasteiger partial charge is 0.277 e. The van der Waals surface area contributed by atoms with Gasteiger partial charge in [-0.15, -0.1) is 0 Å². The van der Waals surface area contributed by atoms with Crippen molar-refractivity contribution in [2.75, 3.05) is 10.8 Å². The molecule has 0 aromatic heterocycles. The van der Waals surface area contributed by atoms with Gasteiger partial charge in [-0.05, 0) is 17.9 Å². The van der Waals surface area contributed by atoms with Gasteiger partial charge in [-0.1, -0.05) is 36.9 Å². The van der Waals surface area contributed by atoms with Gasteiger partial charge in [0, 0.05) is 0 Å². The predicted octanol–water partition coefficient (Wildman–Crippen LogP) is 2.05. The second-order valence-corrected chi connectivity index (χ2v) is 3.70. The highest BCUT2D eigenvalue weighted by molar-refractivity contribution is 8.14. The minimum absolute atomic E-state index is 0.369. The molecule has 1 aromatic carbocycles. The van der Waals surface area contributed by atoms with Gasteiger partial charge < -0.3 is 0 Å². The first-order valence-corrected chi connectivity index (χ1v) is 5.05. The Morgan fingerprint density at radius 2 is 2.08 bits per heavy atom. The lowest BCUT2D eigenvalue weighted by molar-refractivity contribution is 1.13. The lowest BCUT2D eigenvalue weighted by Crippen LogP contribution is -2.34. The molecule has 3 nitrogen and oxygen atoms in total. The van der Waals surface area contributed by atoms with Crippen LogP contribution in [0, 0.1) is 5.41 Å². The minimum atomic E-state index is 0.369. The van der Waals surface area contributed by atoms with Crippen molar-refractivity contribution < 1.29 is 0 Å². The Morgan fingerprint density at radius 1 is 1.46 bits per heavy atom. The summed E-state index contributed by atoms with van der Waals surface area (Å²) in [7, 11) is 0. The van der Waals surface area contributed by atoms with Crippen LogP contribution < -0.4 is 10.9 Å². The summed E-state index contributed by atoms with van der Waals surface area (Å²) in [6.07, 6.45) is 0. The third-order valence-corrected chi connectivity index (χ3v) is 2.29. The van der Waals surface area contributed by atoms with E-state index in [0.29, 0.717) is 5.17 Å². The summed E-state index contributed by atoms with van der Waals surface area (Å²) in [6.45, 7) is 2.00. The summed E-state index contributed by atoms with van der Waals surface area (Å²) in [5.41, 5.74) is 0.841. The molecule has 0 aliphatic rings. The van der Waals surface area contributed by atoms with Gasteiger partial charge in [-0.25, -0.2) is 5.84 Å². The molecule has 0 aliphatic carbocycles. The van der Waals surface area contributed by atoms with E-state index in [9.17, 15) is 0 Å². The van der Waals surface area contributed by atoms with Crippen molar-refractivity contribution in [2.24, 2.45) is 5.84 Å². The van der Waals surface area contributed by atoms with Gasteiger partial charge in [0.1, 0.15) is 0 Å². The smallest absolute Gasteiger partial charge is 0.175 e. The topological polar surface area (TPSA) is 53.1 Å². The molecule has 0 unspecified atom stereocenters. The molecule has 0 saturated heterocycles. The maximum Gasteiger partial charge on any atom is 0.175 e. The molecule has 0 saturated carbocycles. The van der Waals surface area contributed by atoms with Crippen LogP contribution in [-0.2, 0) is 0 Å². The average Bonchev–Trinajstić information content (AvgIpc) is 2.18. The molecule has 0 spiro atoms. The first-order chi connectivity index (χ1) is 6.25. The van der Waals surface area contributed by atoms with E-state index in [1.54, 1.807) is 0 Å². The lowest BCUT2D eigenvalue weighted by Gasteiger charge is -2.17. The molecule has 3 N–H and O–H groups in total. The second-order valence-electron chi connectivity index (χ2n) is 2.44. The predicted molar refractivity (Wildman–Crippen MR) is 59.0 cm³/mol. The van der Waals surface area contributed by atoms with Gasteiger partial charge in [-0.2, -0.15) is 0 Å². The Hall–Kier alpha value is -1.00. The zero-order valence-electron chi connectivity index (χ0n) is 7.53. The summed E-state index contributed by atoms with van der Waals surface area (Å²) >= 11 is 1.42. The number of nitrogens with one attached hydrogen (secondary N) is 1. The Labute approximate surface area is 82.4 Å². The van der Waals surface area contributed by atoms with Gasteiger partial charge in [0.25, 0.3) is 0 Å². The van der Waals surface area contributed by atoms with E-state index in [2.05, 4.69) is 0 Å². The van der Waals surface area contributed by atoms with E-state index in [1.807, 2.05) is 37.3 Å². The van der Waals surface area contributed by atoms with Crippen LogP contribution >= 0.6 is 11.8 Å². The number of amidine groups is 1. The van der Waals surface area contributed by atoms with E-state index >= 15 is 0 Å². The van der Waals surface area contributed by atoms with Crippen LogP contribution in [-0.4, -0.2) is 10.9 Å². The fourth-order valence-electron chi connectivity index (χ4n) is 0.912. The lowest BCUT2D eigenvalue weighted by atomic mass is 10.3. The third-order valence-electron chi connectivity index (χ3n) is 1.53. The molecule has 0 amide bonds. The molecule has 0 radical (unpaired) electrons. The number of anilines is 1. The molecule has 0 bridgehead atoms. The molecule has 1 rings (SSSR count). The van der Waals surface area contributed by atoms with E-state index < -0.39 is 0 Å².